The van der Waals surface area contributed by atoms with Gasteiger partial charge in [0.05, 0.1) is 19.7 Å². The number of hydrogen-bond donors (Lipinski definition) is 0. The van der Waals surface area contributed by atoms with Crippen molar-refractivity contribution in [1.82, 2.24) is 15.0 Å². The van der Waals surface area contributed by atoms with Crippen LogP contribution in [0.5, 0.6) is 5.75 Å². The fourth-order valence-electron chi connectivity index (χ4n) is 3.39. The van der Waals surface area contributed by atoms with E-state index in [0.717, 1.165) is 35.0 Å². The van der Waals surface area contributed by atoms with E-state index in [1.54, 1.807) is 19.5 Å². The highest BCUT2D eigenvalue weighted by molar-refractivity contribution is 5.97. The molecule has 2 aromatic heterocycles. The SMILES string of the molecule is COc1ccc(N2CCN(Cc3cc(-c4cccnc4)no3)C(C)C2=O)cc1. The first kappa shape index (κ1) is 18.2. The van der Waals surface area contributed by atoms with Crippen LogP contribution in [0.3, 0.4) is 0 Å². The molecule has 0 aliphatic carbocycles. The molecular formula is C21H22N4O3. The van der Waals surface area contributed by atoms with Gasteiger partial charge in [-0.15, -0.1) is 0 Å². The van der Waals surface area contributed by atoms with E-state index in [4.69, 9.17) is 9.26 Å². The molecule has 0 bridgehead atoms. The van der Waals surface area contributed by atoms with Gasteiger partial charge in [-0.25, -0.2) is 0 Å². The van der Waals surface area contributed by atoms with E-state index in [-0.39, 0.29) is 11.9 Å². The molecule has 1 atom stereocenters. The molecule has 0 saturated carbocycles. The number of carbonyl (C=O) groups excluding carboxylic acids is 1. The Hall–Kier alpha value is -3.19. The maximum Gasteiger partial charge on any atom is 0.244 e. The monoisotopic (exact) mass is 378 g/mol. The summed E-state index contributed by atoms with van der Waals surface area (Å²) in [6.45, 7) is 3.84. The second kappa shape index (κ2) is 7.82. The summed E-state index contributed by atoms with van der Waals surface area (Å²) >= 11 is 0. The quantitative estimate of drug-likeness (QED) is 0.680. The Morgan fingerprint density at radius 2 is 2.04 bits per heavy atom. The highest BCUT2D eigenvalue weighted by Crippen LogP contribution is 2.25. The van der Waals surface area contributed by atoms with Crippen molar-refractivity contribution >= 4 is 11.6 Å². The maximum absolute atomic E-state index is 12.9. The minimum absolute atomic E-state index is 0.0726. The molecule has 0 radical (unpaired) electrons. The first-order valence-corrected chi connectivity index (χ1v) is 9.21. The molecule has 1 saturated heterocycles. The minimum Gasteiger partial charge on any atom is -0.497 e. The summed E-state index contributed by atoms with van der Waals surface area (Å²) in [7, 11) is 1.63. The van der Waals surface area contributed by atoms with Crippen molar-refractivity contribution in [1.29, 1.82) is 0 Å². The lowest BCUT2D eigenvalue weighted by atomic mass is 10.1. The maximum atomic E-state index is 12.9. The molecule has 4 rings (SSSR count). The molecule has 1 fully saturated rings. The zero-order chi connectivity index (χ0) is 19.5. The first-order valence-electron chi connectivity index (χ1n) is 9.21. The van der Waals surface area contributed by atoms with Gasteiger partial charge >= 0.3 is 0 Å². The predicted molar refractivity (Wildman–Crippen MR) is 105 cm³/mol. The number of nitrogens with zero attached hydrogens (tertiary/aromatic N) is 4. The number of anilines is 1. The number of methoxy groups -OCH3 is 1. The number of ether oxygens (including phenoxy) is 1. The normalized spacial score (nSPS) is 17.7. The van der Waals surface area contributed by atoms with Crippen molar-refractivity contribution in [2.45, 2.75) is 19.5 Å². The van der Waals surface area contributed by atoms with Crippen LogP contribution in [0.4, 0.5) is 5.69 Å². The molecule has 3 aromatic rings. The summed E-state index contributed by atoms with van der Waals surface area (Å²) < 4.78 is 10.7. The van der Waals surface area contributed by atoms with Gasteiger partial charge in [-0.1, -0.05) is 5.16 Å². The fraction of sp³-hybridized carbons (Fsp3) is 0.286. The molecule has 1 aromatic carbocycles. The van der Waals surface area contributed by atoms with Crippen LogP contribution in [0.15, 0.2) is 59.4 Å². The third-order valence-electron chi connectivity index (χ3n) is 5.04. The van der Waals surface area contributed by atoms with Crippen molar-refractivity contribution in [3.63, 3.8) is 0 Å². The minimum atomic E-state index is -0.247. The standard InChI is InChI=1S/C21H22N4O3/c1-15-21(26)25(17-5-7-18(27-2)8-6-17)11-10-24(15)14-19-12-20(23-28-19)16-4-3-9-22-13-16/h3-9,12-13,15H,10-11,14H2,1-2H3. The first-order chi connectivity index (χ1) is 13.7. The zero-order valence-corrected chi connectivity index (χ0v) is 15.9. The molecule has 0 spiro atoms. The molecule has 28 heavy (non-hydrogen) atoms. The van der Waals surface area contributed by atoms with Crippen LogP contribution in [-0.2, 0) is 11.3 Å². The van der Waals surface area contributed by atoms with E-state index in [1.807, 2.05) is 54.3 Å². The van der Waals surface area contributed by atoms with Crippen LogP contribution in [0.25, 0.3) is 11.3 Å². The van der Waals surface area contributed by atoms with E-state index in [1.165, 1.54) is 0 Å². The van der Waals surface area contributed by atoms with Gasteiger partial charge in [0.1, 0.15) is 11.4 Å². The molecule has 0 N–H and O–H groups in total. The lowest BCUT2D eigenvalue weighted by Crippen LogP contribution is -2.55. The average Bonchev–Trinajstić information content (AvgIpc) is 3.21. The molecule has 1 amide bonds. The number of benzene rings is 1. The van der Waals surface area contributed by atoms with Crippen LogP contribution in [0.2, 0.25) is 0 Å². The third-order valence-corrected chi connectivity index (χ3v) is 5.04. The van der Waals surface area contributed by atoms with Gasteiger partial charge in [-0.2, -0.15) is 0 Å². The van der Waals surface area contributed by atoms with Crippen LogP contribution in [0.1, 0.15) is 12.7 Å². The Kier molecular flexibility index (Phi) is 5.08. The van der Waals surface area contributed by atoms with Gasteiger partial charge in [0.15, 0.2) is 5.76 Å². The summed E-state index contributed by atoms with van der Waals surface area (Å²) in [6.07, 6.45) is 3.47. The van der Waals surface area contributed by atoms with E-state index in [0.29, 0.717) is 13.1 Å². The Labute approximate surface area is 163 Å². The number of rotatable bonds is 5. The fourth-order valence-corrected chi connectivity index (χ4v) is 3.39. The highest BCUT2D eigenvalue weighted by Gasteiger charge is 2.32. The summed E-state index contributed by atoms with van der Waals surface area (Å²) in [5.74, 6) is 1.58. The van der Waals surface area contributed by atoms with E-state index < -0.39 is 0 Å². The second-order valence-electron chi connectivity index (χ2n) is 6.75. The molecule has 144 valence electrons. The van der Waals surface area contributed by atoms with Crippen LogP contribution >= 0.6 is 0 Å². The van der Waals surface area contributed by atoms with Gasteiger partial charge in [-0.05, 0) is 43.3 Å². The van der Waals surface area contributed by atoms with E-state index >= 15 is 0 Å². The number of piperazine rings is 1. The Morgan fingerprint density at radius 1 is 1.21 bits per heavy atom. The summed E-state index contributed by atoms with van der Waals surface area (Å²) in [4.78, 5) is 20.9. The number of aromatic nitrogens is 2. The molecule has 1 aliphatic heterocycles. The van der Waals surface area contributed by atoms with Gasteiger partial charge in [0.25, 0.3) is 0 Å². The van der Waals surface area contributed by atoms with Crippen LogP contribution < -0.4 is 9.64 Å². The van der Waals surface area contributed by atoms with Gasteiger partial charge in [0, 0.05) is 42.8 Å². The molecule has 7 nitrogen and oxygen atoms in total. The summed E-state index contributed by atoms with van der Waals surface area (Å²) in [6, 6.07) is 13.0. The number of pyridine rings is 1. The largest absolute Gasteiger partial charge is 0.497 e. The van der Waals surface area contributed by atoms with Crippen molar-refractivity contribution in [3.05, 3.63) is 60.6 Å². The molecular weight excluding hydrogens is 356 g/mol. The Bertz CT molecular complexity index is 940. The van der Waals surface area contributed by atoms with Crippen molar-refractivity contribution in [2.75, 3.05) is 25.1 Å². The lowest BCUT2D eigenvalue weighted by Gasteiger charge is -2.38. The predicted octanol–water partition coefficient (Wildman–Crippen LogP) is 2.98. The summed E-state index contributed by atoms with van der Waals surface area (Å²) in [5.41, 5.74) is 2.54. The van der Waals surface area contributed by atoms with Crippen molar-refractivity contribution < 1.29 is 14.1 Å². The Balaban J connectivity index is 1.43. The third kappa shape index (κ3) is 3.61. The lowest BCUT2D eigenvalue weighted by molar-refractivity contribution is -0.125. The Morgan fingerprint density at radius 3 is 2.75 bits per heavy atom. The molecule has 1 unspecified atom stereocenters. The topological polar surface area (TPSA) is 71.7 Å². The van der Waals surface area contributed by atoms with Gasteiger partial charge < -0.3 is 14.2 Å². The second-order valence-corrected chi connectivity index (χ2v) is 6.75. The highest BCUT2D eigenvalue weighted by atomic mass is 16.5. The number of carbonyl (C=O) groups is 1. The number of hydrogen-bond acceptors (Lipinski definition) is 6. The molecule has 1 aliphatic rings. The van der Waals surface area contributed by atoms with Crippen molar-refractivity contribution in [2.24, 2.45) is 0 Å². The van der Waals surface area contributed by atoms with E-state index in [2.05, 4.69) is 15.0 Å². The van der Waals surface area contributed by atoms with Crippen LogP contribution in [-0.4, -0.2) is 47.2 Å². The van der Waals surface area contributed by atoms with Crippen LogP contribution in [0, 0.1) is 0 Å². The van der Waals surface area contributed by atoms with Gasteiger partial charge in [0.2, 0.25) is 5.91 Å². The molecule has 3 heterocycles. The smallest absolute Gasteiger partial charge is 0.244 e. The van der Waals surface area contributed by atoms with Crippen molar-refractivity contribution in [3.8, 4) is 17.0 Å². The van der Waals surface area contributed by atoms with Gasteiger partial charge in [-0.3, -0.25) is 14.7 Å². The summed E-state index contributed by atoms with van der Waals surface area (Å²) in [5, 5.41) is 4.13. The van der Waals surface area contributed by atoms with E-state index in [9.17, 15) is 4.79 Å². The number of amides is 1. The average molecular weight is 378 g/mol. The molecule has 7 heteroatoms. The zero-order valence-electron chi connectivity index (χ0n) is 15.9.